The summed E-state index contributed by atoms with van der Waals surface area (Å²) in [5, 5.41) is 5.32. The van der Waals surface area contributed by atoms with Gasteiger partial charge in [0, 0.05) is 25.3 Å². The van der Waals surface area contributed by atoms with Crippen LogP contribution in [0.4, 0.5) is 11.7 Å². The lowest BCUT2D eigenvalue weighted by atomic mass is 9.97. The summed E-state index contributed by atoms with van der Waals surface area (Å²) in [4.78, 5) is 30.9. The van der Waals surface area contributed by atoms with Crippen LogP contribution in [0.1, 0.15) is 12.8 Å². The fourth-order valence-corrected chi connectivity index (χ4v) is 3.50. The Labute approximate surface area is 174 Å². The number of carbonyl (C=O) groups is 2. The molecule has 1 saturated heterocycles. The number of ether oxygens (including phenoxy) is 1. The molecule has 156 valence electrons. The van der Waals surface area contributed by atoms with Crippen molar-refractivity contribution >= 4 is 34.6 Å². The van der Waals surface area contributed by atoms with E-state index in [0.717, 1.165) is 37.0 Å². The van der Waals surface area contributed by atoms with Gasteiger partial charge in [0.25, 0.3) is 6.01 Å². The summed E-state index contributed by atoms with van der Waals surface area (Å²) in [5.74, 6) is -0.318. The van der Waals surface area contributed by atoms with Crippen LogP contribution in [0.25, 0.3) is 11.1 Å². The van der Waals surface area contributed by atoms with Gasteiger partial charge in [-0.25, -0.2) is 0 Å². The van der Waals surface area contributed by atoms with Crippen LogP contribution in [0.2, 0.25) is 0 Å². The highest BCUT2D eigenvalue weighted by Gasteiger charge is 2.24. The zero-order valence-corrected chi connectivity index (χ0v) is 16.8. The highest BCUT2D eigenvalue weighted by Crippen LogP contribution is 2.26. The van der Waals surface area contributed by atoms with Crippen LogP contribution in [0, 0.1) is 5.92 Å². The molecule has 3 aromatic rings. The summed E-state index contributed by atoms with van der Waals surface area (Å²) >= 11 is 0. The lowest BCUT2D eigenvalue weighted by Crippen LogP contribution is -2.41. The number of para-hydroxylation sites is 2. The van der Waals surface area contributed by atoms with Gasteiger partial charge in [-0.05, 0) is 55.2 Å². The van der Waals surface area contributed by atoms with E-state index in [1.54, 1.807) is 31.4 Å². The van der Waals surface area contributed by atoms with Crippen LogP contribution >= 0.6 is 0 Å². The van der Waals surface area contributed by atoms with E-state index in [-0.39, 0.29) is 0 Å². The van der Waals surface area contributed by atoms with Crippen molar-refractivity contribution in [2.45, 2.75) is 12.8 Å². The molecule has 0 aliphatic carbocycles. The van der Waals surface area contributed by atoms with Gasteiger partial charge < -0.3 is 24.7 Å². The van der Waals surface area contributed by atoms with Crippen molar-refractivity contribution in [2.75, 3.05) is 37.0 Å². The number of hydrogen-bond donors (Lipinski definition) is 2. The van der Waals surface area contributed by atoms with Crippen molar-refractivity contribution in [2.24, 2.45) is 5.92 Å². The zero-order valence-electron chi connectivity index (χ0n) is 16.8. The molecular formula is C22H24N4O4. The molecule has 30 heavy (non-hydrogen) atoms. The van der Waals surface area contributed by atoms with E-state index in [1.807, 2.05) is 24.3 Å². The number of fused-ring (bicyclic) bond motifs is 1. The third kappa shape index (κ3) is 4.53. The Morgan fingerprint density at radius 3 is 2.53 bits per heavy atom. The van der Waals surface area contributed by atoms with E-state index in [9.17, 15) is 9.59 Å². The first-order valence-corrected chi connectivity index (χ1v) is 9.96. The SMILES string of the molecule is COc1ccc(NC(=O)C(=O)NCC2CCN(c3nc4ccccc4o3)CC2)cc1. The molecule has 0 saturated carbocycles. The Morgan fingerprint density at radius 2 is 1.83 bits per heavy atom. The van der Waals surface area contributed by atoms with E-state index in [0.29, 0.717) is 29.9 Å². The lowest BCUT2D eigenvalue weighted by Gasteiger charge is -2.30. The number of nitrogens with zero attached hydrogens (tertiary/aromatic N) is 2. The quantitative estimate of drug-likeness (QED) is 0.630. The number of aromatic nitrogens is 1. The molecule has 1 aromatic heterocycles. The van der Waals surface area contributed by atoms with E-state index >= 15 is 0 Å². The first-order chi connectivity index (χ1) is 14.6. The topological polar surface area (TPSA) is 96.7 Å². The monoisotopic (exact) mass is 408 g/mol. The molecule has 0 spiro atoms. The first-order valence-electron chi connectivity index (χ1n) is 9.96. The molecule has 0 bridgehead atoms. The maximum absolute atomic E-state index is 12.1. The van der Waals surface area contributed by atoms with Crippen LogP contribution in [0.5, 0.6) is 5.75 Å². The molecule has 8 nitrogen and oxygen atoms in total. The number of rotatable bonds is 5. The Morgan fingerprint density at radius 1 is 1.10 bits per heavy atom. The average molecular weight is 408 g/mol. The summed E-state index contributed by atoms with van der Waals surface area (Å²) in [6, 6.07) is 15.2. The maximum atomic E-state index is 12.1. The molecule has 2 aromatic carbocycles. The van der Waals surface area contributed by atoms with Gasteiger partial charge in [0.15, 0.2) is 5.58 Å². The van der Waals surface area contributed by atoms with Gasteiger partial charge in [-0.2, -0.15) is 4.98 Å². The van der Waals surface area contributed by atoms with Crippen LogP contribution in [0.15, 0.2) is 52.9 Å². The van der Waals surface area contributed by atoms with Gasteiger partial charge in [-0.3, -0.25) is 9.59 Å². The minimum atomic E-state index is -0.677. The fourth-order valence-electron chi connectivity index (χ4n) is 3.50. The third-order valence-electron chi connectivity index (χ3n) is 5.27. The number of nitrogens with one attached hydrogen (secondary N) is 2. The number of benzene rings is 2. The van der Waals surface area contributed by atoms with Crippen molar-refractivity contribution in [3.05, 3.63) is 48.5 Å². The molecule has 0 unspecified atom stereocenters. The molecule has 4 rings (SSSR count). The van der Waals surface area contributed by atoms with Gasteiger partial charge in [-0.15, -0.1) is 0 Å². The predicted molar refractivity (Wildman–Crippen MR) is 114 cm³/mol. The third-order valence-corrected chi connectivity index (χ3v) is 5.27. The Bertz CT molecular complexity index is 990. The molecule has 2 heterocycles. The van der Waals surface area contributed by atoms with Crippen LogP contribution in [-0.4, -0.2) is 43.5 Å². The normalized spacial score (nSPS) is 14.5. The Hall–Kier alpha value is -3.55. The minimum absolute atomic E-state index is 0.309. The molecule has 1 fully saturated rings. The second kappa shape index (κ2) is 8.86. The van der Waals surface area contributed by atoms with Crippen LogP contribution < -0.4 is 20.3 Å². The van der Waals surface area contributed by atoms with Crippen molar-refractivity contribution < 1.29 is 18.7 Å². The van der Waals surface area contributed by atoms with Gasteiger partial charge in [0.05, 0.1) is 7.11 Å². The predicted octanol–water partition coefficient (Wildman–Crippen LogP) is 2.81. The van der Waals surface area contributed by atoms with Crippen molar-refractivity contribution in [1.29, 1.82) is 0 Å². The number of methoxy groups -OCH3 is 1. The summed E-state index contributed by atoms with van der Waals surface area (Å²) in [6.45, 7) is 2.06. The van der Waals surface area contributed by atoms with Gasteiger partial charge in [-0.1, -0.05) is 12.1 Å². The molecule has 0 radical (unpaired) electrons. The minimum Gasteiger partial charge on any atom is -0.497 e. The number of oxazole rings is 1. The van der Waals surface area contributed by atoms with E-state index in [4.69, 9.17) is 9.15 Å². The summed E-state index contributed by atoms with van der Waals surface area (Å²) in [7, 11) is 1.57. The lowest BCUT2D eigenvalue weighted by molar-refractivity contribution is -0.136. The standard InChI is InChI=1S/C22H24N4O4/c1-29-17-8-6-16(7-9-17)24-21(28)20(27)23-14-15-10-12-26(13-11-15)22-25-18-4-2-3-5-19(18)30-22/h2-9,15H,10-14H2,1H3,(H,23,27)(H,24,28). The van der Waals surface area contributed by atoms with Crippen molar-refractivity contribution in [1.82, 2.24) is 10.3 Å². The van der Waals surface area contributed by atoms with Gasteiger partial charge in [0.2, 0.25) is 0 Å². The number of amides is 2. The summed E-state index contributed by atoms with van der Waals surface area (Å²) in [6.07, 6.45) is 1.78. The molecule has 1 aliphatic rings. The Kier molecular flexibility index (Phi) is 5.83. The second-order valence-corrected chi connectivity index (χ2v) is 7.29. The van der Waals surface area contributed by atoms with Crippen LogP contribution in [0.3, 0.4) is 0 Å². The van der Waals surface area contributed by atoms with Gasteiger partial charge >= 0.3 is 11.8 Å². The molecule has 2 N–H and O–H groups in total. The molecule has 8 heteroatoms. The van der Waals surface area contributed by atoms with Gasteiger partial charge in [0.1, 0.15) is 11.3 Å². The first kappa shape index (κ1) is 19.8. The maximum Gasteiger partial charge on any atom is 0.313 e. The smallest absolute Gasteiger partial charge is 0.313 e. The number of hydrogen-bond acceptors (Lipinski definition) is 6. The molecule has 2 amide bonds. The number of anilines is 2. The number of piperidine rings is 1. The second-order valence-electron chi connectivity index (χ2n) is 7.29. The zero-order chi connectivity index (χ0) is 20.9. The van der Waals surface area contributed by atoms with E-state index in [1.165, 1.54) is 0 Å². The molecular weight excluding hydrogens is 384 g/mol. The Balaban J connectivity index is 1.22. The largest absolute Gasteiger partial charge is 0.497 e. The highest BCUT2D eigenvalue weighted by molar-refractivity contribution is 6.39. The van der Waals surface area contributed by atoms with E-state index in [2.05, 4.69) is 20.5 Å². The number of carbonyl (C=O) groups excluding carboxylic acids is 2. The average Bonchev–Trinajstić information content (AvgIpc) is 3.22. The van der Waals surface area contributed by atoms with Crippen LogP contribution in [-0.2, 0) is 9.59 Å². The van der Waals surface area contributed by atoms with Crippen molar-refractivity contribution in [3.8, 4) is 5.75 Å². The highest BCUT2D eigenvalue weighted by atomic mass is 16.5. The summed E-state index contributed by atoms with van der Waals surface area (Å²) < 4.78 is 10.9. The molecule has 0 atom stereocenters. The van der Waals surface area contributed by atoms with Crippen molar-refractivity contribution in [3.63, 3.8) is 0 Å². The summed E-state index contributed by atoms with van der Waals surface area (Å²) in [5.41, 5.74) is 2.18. The van der Waals surface area contributed by atoms with E-state index < -0.39 is 11.8 Å². The fraction of sp³-hybridized carbons (Fsp3) is 0.318. The molecule has 1 aliphatic heterocycles.